The van der Waals surface area contributed by atoms with E-state index in [1.165, 1.54) is 67.4 Å². The van der Waals surface area contributed by atoms with Crippen molar-refractivity contribution in [3.63, 3.8) is 0 Å². The van der Waals surface area contributed by atoms with E-state index in [2.05, 4.69) is 37.2 Å². The number of nitrogens with two attached hydrogens (primary N) is 1. The molecular weight excluding hydrogens is 1370 g/mol. The van der Waals surface area contributed by atoms with E-state index < -0.39 is 126 Å². The fourth-order valence-corrected chi connectivity index (χ4v) is 12.7. The van der Waals surface area contributed by atoms with Gasteiger partial charge in [0.25, 0.3) is 11.8 Å². The number of urea groups is 1. The van der Waals surface area contributed by atoms with E-state index in [1.54, 1.807) is 71.1 Å². The summed E-state index contributed by atoms with van der Waals surface area (Å²) in [4.78, 5) is 180. The molecule has 2 aliphatic rings. The molecule has 584 valence electrons. The molecule has 32 heteroatoms. The van der Waals surface area contributed by atoms with Crippen molar-refractivity contribution in [2.45, 2.75) is 181 Å². The van der Waals surface area contributed by atoms with Gasteiger partial charge in [0.05, 0.1) is 62.9 Å². The van der Waals surface area contributed by atoms with Gasteiger partial charge >= 0.3 is 18.2 Å². The highest BCUT2D eigenvalue weighted by Gasteiger charge is 2.47. The van der Waals surface area contributed by atoms with Gasteiger partial charge in [-0.3, -0.25) is 57.7 Å². The zero-order chi connectivity index (χ0) is 78.5. The molecule has 0 saturated carbocycles. The van der Waals surface area contributed by atoms with Crippen LogP contribution in [0.15, 0.2) is 54.6 Å². The maximum atomic E-state index is 15.0. The number of likely N-dealkylation sites (N-methyl/N-ethyl adjacent to an activating group) is 3. The van der Waals surface area contributed by atoms with Gasteiger partial charge in [0.1, 0.15) is 30.8 Å². The lowest BCUT2D eigenvalue weighted by atomic mass is 9.89. The van der Waals surface area contributed by atoms with Crippen molar-refractivity contribution < 1.29 is 90.4 Å². The second kappa shape index (κ2) is 43.2. The number of unbranched alkanes of at least 4 members (excludes halogenated alkanes) is 2. The standard InChI is InChI=1S/C73H112FN13O18/c1-17-45(8)64(85(13)70(97)62(43(4)5)82-69(96)63(44(6)7)83(10)11)56(102-15)38-60(92)87-40-50(37-53(87)65(103-16)46(9)66(93)78-39-54(88)48-26-29-55(101-14)51(74)36-48)105-72(99)77-33-35-84(12)73(100)104-41-47-24-27-49(28-25-47)79-67(94)52(22-21-32-76-71(75)98)80-68(95)61(42(2)3)81-57(89)23-19-18-20-34-86-58(90)30-31-59(86)91/h24-31,36,42-46,50,52-53,56,61-65H,17-23,32-35,37-41H2,1-16H3,(H,77,99)(H,78,93)(H,79,94)(H,80,95)(H,81,89)(H,82,96)(H3,75,76,98)/t45-,46+,50-,52-,53-,56+,61-,62-,63-,64?,65+/m0/s1. The van der Waals surface area contributed by atoms with E-state index in [4.69, 9.17) is 29.4 Å². The Morgan fingerprint density at radius 3 is 1.94 bits per heavy atom. The highest BCUT2D eigenvalue weighted by atomic mass is 19.1. The van der Waals surface area contributed by atoms with Gasteiger partial charge in [-0.2, -0.15) is 0 Å². The normalized spacial score (nSPS) is 16.8. The number of amides is 13. The number of primary amides is 1. The highest BCUT2D eigenvalue weighted by Crippen LogP contribution is 2.32. The minimum atomic E-state index is -1.12. The number of rotatable bonds is 43. The van der Waals surface area contributed by atoms with Crippen LogP contribution in [0, 0.1) is 35.4 Å². The van der Waals surface area contributed by atoms with Crippen molar-refractivity contribution in [2.24, 2.45) is 35.3 Å². The number of hydrogen-bond donors (Lipinski definition) is 8. The summed E-state index contributed by atoms with van der Waals surface area (Å²) in [5.74, 6) is -7.71. The van der Waals surface area contributed by atoms with Crippen LogP contribution in [0.2, 0.25) is 0 Å². The van der Waals surface area contributed by atoms with Crippen LogP contribution in [0.25, 0.3) is 0 Å². The third-order valence-corrected chi connectivity index (χ3v) is 18.8. The van der Waals surface area contributed by atoms with Crippen LogP contribution in [0.3, 0.4) is 0 Å². The van der Waals surface area contributed by atoms with E-state index in [0.717, 1.165) is 11.0 Å². The molecule has 11 atom stereocenters. The lowest BCUT2D eigenvalue weighted by Crippen LogP contribution is -2.59. The van der Waals surface area contributed by atoms with Gasteiger partial charge in [0.15, 0.2) is 17.3 Å². The number of halogens is 1. The SMILES string of the molecule is CC[C@H](C)C([C@@H](CC(=O)N1C[C@@H](OC(=O)NCCN(C)C(=O)OCc2ccc(NC(=O)[C@H](CCCNC(N)=O)NC(=O)[C@@H](NC(=O)CCCCCN3C(=O)C=CC3=O)C(C)C)cc2)C[C@H]1[C@H](OC)[C@@H](C)C(=O)NCC(=O)c1ccc(OC)c(F)c1)OC)N(C)C(=O)[C@@H](NC(=O)[C@H](C(C)C)N(C)C)C(C)C. The quantitative estimate of drug-likeness (QED) is 0.0261. The molecule has 0 bridgehead atoms. The molecule has 0 aromatic heterocycles. The Balaban J connectivity index is 1.42. The first kappa shape index (κ1) is 88.1. The van der Waals surface area contributed by atoms with E-state index in [-0.39, 0.29) is 130 Å². The maximum Gasteiger partial charge on any atom is 0.409 e. The highest BCUT2D eigenvalue weighted by molar-refractivity contribution is 6.13. The van der Waals surface area contributed by atoms with Crippen LogP contribution in [0.4, 0.5) is 24.5 Å². The first-order valence-electron chi connectivity index (χ1n) is 35.7. The number of alkyl carbamates (subject to hydrolysis) is 1. The van der Waals surface area contributed by atoms with Crippen molar-refractivity contribution >= 4 is 82.9 Å². The van der Waals surface area contributed by atoms with Gasteiger partial charge in [-0.1, -0.05) is 87.3 Å². The summed E-state index contributed by atoms with van der Waals surface area (Å²) >= 11 is 0. The molecule has 1 fully saturated rings. The zero-order valence-corrected chi connectivity index (χ0v) is 63.6. The molecule has 105 heavy (non-hydrogen) atoms. The lowest BCUT2D eigenvalue weighted by Gasteiger charge is -2.41. The third kappa shape index (κ3) is 27.0. The molecule has 4 rings (SSSR count). The first-order valence-corrected chi connectivity index (χ1v) is 35.7. The van der Waals surface area contributed by atoms with Crippen molar-refractivity contribution in [1.82, 2.24) is 56.4 Å². The summed E-state index contributed by atoms with van der Waals surface area (Å²) in [7, 11) is 10.7. The molecule has 31 nitrogen and oxygen atoms in total. The molecular formula is C73H112FN13O18. The van der Waals surface area contributed by atoms with Crippen molar-refractivity contribution in [3.8, 4) is 5.75 Å². The van der Waals surface area contributed by atoms with Crippen LogP contribution in [-0.2, 0) is 68.7 Å². The van der Waals surface area contributed by atoms with Crippen LogP contribution < -0.4 is 47.7 Å². The summed E-state index contributed by atoms with van der Waals surface area (Å²) in [6.07, 6.45) is -0.0967. The predicted octanol–water partition coefficient (Wildman–Crippen LogP) is 4.25. The van der Waals surface area contributed by atoms with E-state index in [1.807, 2.05) is 41.5 Å². The van der Waals surface area contributed by atoms with Crippen LogP contribution in [0.5, 0.6) is 5.75 Å². The molecule has 1 saturated heterocycles. The average molecular weight is 1480 g/mol. The van der Waals surface area contributed by atoms with E-state index in [0.29, 0.717) is 36.9 Å². The number of likely N-dealkylation sites (tertiary alicyclic amines) is 1. The smallest absolute Gasteiger partial charge is 0.409 e. The summed E-state index contributed by atoms with van der Waals surface area (Å²) in [6, 6.07) is 3.99. The Morgan fingerprint density at radius 1 is 0.714 bits per heavy atom. The minimum absolute atomic E-state index is 0.0140. The number of ether oxygens (including phenoxy) is 5. The van der Waals surface area contributed by atoms with E-state index in [9.17, 15) is 61.9 Å². The van der Waals surface area contributed by atoms with E-state index >= 15 is 4.79 Å². The Kier molecular flexibility index (Phi) is 36.3. The topological polar surface area (TPSA) is 394 Å². The molecule has 0 spiro atoms. The van der Waals surface area contributed by atoms with Crippen LogP contribution in [-0.4, -0.2) is 245 Å². The van der Waals surface area contributed by atoms with Crippen LogP contribution in [0.1, 0.15) is 136 Å². The average Bonchev–Trinajstić information content (AvgIpc) is 1.74. The second-order valence-corrected chi connectivity index (χ2v) is 27.9. The Labute approximate surface area is 615 Å². The minimum Gasteiger partial charge on any atom is -0.494 e. The summed E-state index contributed by atoms with van der Waals surface area (Å²) in [6.45, 7) is 15.7. The molecule has 2 aromatic carbocycles. The summed E-state index contributed by atoms with van der Waals surface area (Å²) in [5, 5.41) is 18.9. The second-order valence-electron chi connectivity index (χ2n) is 27.9. The lowest BCUT2D eigenvalue weighted by molar-refractivity contribution is -0.148. The first-order chi connectivity index (χ1) is 49.6. The Bertz CT molecular complexity index is 3310. The number of nitrogens with one attached hydrogen (secondary N) is 7. The molecule has 2 heterocycles. The van der Waals surface area contributed by atoms with Gasteiger partial charge in [-0.15, -0.1) is 0 Å². The van der Waals surface area contributed by atoms with Gasteiger partial charge in [-0.25, -0.2) is 18.8 Å². The number of carbonyl (C=O) groups excluding carboxylic acids is 13. The largest absolute Gasteiger partial charge is 0.494 e. The number of nitrogens with zero attached hydrogens (tertiary/aromatic N) is 5. The fourth-order valence-electron chi connectivity index (χ4n) is 12.7. The molecule has 0 radical (unpaired) electrons. The third-order valence-electron chi connectivity index (χ3n) is 18.8. The zero-order valence-electron chi connectivity index (χ0n) is 63.6. The molecule has 13 amide bonds. The number of benzene rings is 2. The number of Topliss-reactive ketones (excluding diaryl/α,β-unsaturated/α-hetero) is 1. The summed E-state index contributed by atoms with van der Waals surface area (Å²) < 4.78 is 43.1. The monoisotopic (exact) mass is 1480 g/mol. The van der Waals surface area contributed by atoms with Gasteiger partial charge in [0, 0.05) is 90.7 Å². The number of hydrogen-bond acceptors (Lipinski definition) is 19. The Hall–Kier alpha value is -9.30. The fraction of sp³-hybridized carbons (Fsp3) is 0.630. The Morgan fingerprint density at radius 2 is 1.37 bits per heavy atom. The van der Waals surface area contributed by atoms with Crippen molar-refractivity contribution in [1.29, 1.82) is 0 Å². The number of methoxy groups -OCH3 is 3. The van der Waals surface area contributed by atoms with Crippen molar-refractivity contribution in [2.75, 3.05) is 94.1 Å². The predicted molar refractivity (Wildman–Crippen MR) is 387 cm³/mol. The molecule has 2 aliphatic heterocycles. The van der Waals surface area contributed by atoms with Crippen LogP contribution >= 0.6 is 0 Å². The van der Waals surface area contributed by atoms with Crippen molar-refractivity contribution in [3.05, 3.63) is 71.6 Å². The molecule has 1 unspecified atom stereocenters. The van der Waals surface area contributed by atoms with Gasteiger partial charge < -0.3 is 81.3 Å². The molecule has 2 aromatic rings. The summed E-state index contributed by atoms with van der Waals surface area (Å²) in [5.41, 5.74) is 6.07. The number of anilines is 1. The van der Waals surface area contributed by atoms with Gasteiger partial charge in [0.2, 0.25) is 41.4 Å². The van der Waals surface area contributed by atoms with Gasteiger partial charge in [-0.05, 0) is 99.3 Å². The number of carbonyl (C=O) groups is 13. The number of ketones is 1. The molecule has 9 N–H and O–H groups in total. The maximum absolute atomic E-state index is 15.0. The molecule has 0 aliphatic carbocycles. The number of imide groups is 1.